The summed E-state index contributed by atoms with van der Waals surface area (Å²) < 4.78 is 4.53. The van der Waals surface area contributed by atoms with Crippen LogP contribution in [0.3, 0.4) is 0 Å². The second-order valence-electron chi connectivity index (χ2n) is 3.22. The minimum absolute atomic E-state index is 0.261. The standard InChI is InChI=1S/C10H17NO2/c1-3-11-8-4-5-9(11)6-7-10(12)13-2/h6-7,9H,3-5,8H2,1-2H3/b7-6-. The van der Waals surface area contributed by atoms with Gasteiger partial charge in [-0.15, -0.1) is 0 Å². The van der Waals surface area contributed by atoms with Crippen LogP contribution < -0.4 is 0 Å². The van der Waals surface area contributed by atoms with E-state index in [1.54, 1.807) is 0 Å². The molecule has 0 N–H and O–H groups in total. The Bertz CT molecular complexity index is 201. The number of likely N-dealkylation sites (tertiary alicyclic amines) is 1. The molecule has 1 rings (SSSR count). The van der Waals surface area contributed by atoms with Crippen molar-refractivity contribution in [1.82, 2.24) is 4.90 Å². The number of esters is 1. The molecule has 3 heteroatoms. The van der Waals surface area contributed by atoms with E-state index in [1.807, 2.05) is 6.08 Å². The number of carbonyl (C=O) groups is 1. The molecule has 0 spiro atoms. The molecule has 0 aromatic rings. The van der Waals surface area contributed by atoms with Crippen LogP contribution in [0.5, 0.6) is 0 Å². The lowest BCUT2D eigenvalue weighted by atomic mass is 10.2. The number of likely N-dealkylation sites (N-methyl/N-ethyl adjacent to an activating group) is 1. The zero-order valence-electron chi connectivity index (χ0n) is 8.32. The van der Waals surface area contributed by atoms with E-state index >= 15 is 0 Å². The molecule has 1 saturated heterocycles. The van der Waals surface area contributed by atoms with E-state index in [2.05, 4.69) is 16.6 Å². The van der Waals surface area contributed by atoms with Crippen LogP contribution >= 0.6 is 0 Å². The lowest BCUT2D eigenvalue weighted by Crippen LogP contribution is -2.27. The molecule has 0 bridgehead atoms. The average Bonchev–Trinajstić information content (AvgIpc) is 2.61. The van der Waals surface area contributed by atoms with E-state index in [9.17, 15) is 4.79 Å². The van der Waals surface area contributed by atoms with E-state index in [4.69, 9.17) is 0 Å². The van der Waals surface area contributed by atoms with Gasteiger partial charge < -0.3 is 4.74 Å². The molecule has 1 fully saturated rings. The Morgan fingerprint density at radius 1 is 1.69 bits per heavy atom. The molecule has 0 aliphatic carbocycles. The first-order valence-corrected chi connectivity index (χ1v) is 4.78. The first-order valence-electron chi connectivity index (χ1n) is 4.78. The van der Waals surface area contributed by atoms with Crippen LogP contribution in [0.25, 0.3) is 0 Å². The topological polar surface area (TPSA) is 29.5 Å². The third-order valence-electron chi connectivity index (χ3n) is 2.48. The summed E-state index contributed by atoms with van der Waals surface area (Å²) in [6.07, 6.45) is 5.85. The van der Waals surface area contributed by atoms with Crippen LogP contribution in [0.2, 0.25) is 0 Å². The summed E-state index contributed by atoms with van der Waals surface area (Å²) in [5.74, 6) is -0.261. The third-order valence-corrected chi connectivity index (χ3v) is 2.48. The fourth-order valence-corrected chi connectivity index (χ4v) is 1.72. The van der Waals surface area contributed by atoms with E-state index in [0.717, 1.165) is 19.5 Å². The van der Waals surface area contributed by atoms with E-state index < -0.39 is 0 Å². The van der Waals surface area contributed by atoms with E-state index in [1.165, 1.54) is 19.6 Å². The number of nitrogens with zero attached hydrogens (tertiary/aromatic N) is 1. The van der Waals surface area contributed by atoms with Crippen molar-refractivity contribution in [2.75, 3.05) is 20.2 Å². The molecule has 0 aromatic heterocycles. The van der Waals surface area contributed by atoms with Crippen LogP contribution in [-0.4, -0.2) is 37.1 Å². The molecule has 13 heavy (non-hydrogen) atoms. The Morgan fingerprint density at radius 3 is 3.08 bits per heavy atom. The number of rotatable bonds is 3. The monoisotopic (exact) mass is 183 g/mol. The summed E-state index contributed by atoms with van der Waals surface area (Å²) in [5, 5.41) is 0. The van der Waals surface area contributed by atoms with Crippen molar-refractivity contribution < 1.29 is 9.53 Å². The molecule has 1 aliphatic heterocycles. The van der Waals surface area contributed by atoms with Crippen LogP contribution in [0, 0.1) is 0 Å². The molecule has 3 nitrogen and oxygen atoms in total. The number of hydrogen-bond donors (Lipinski definition) is 0. The van der Waals surface area contributed by atoms with Crippen molar-refractivity contribution in [3.8, 4) is 0 Å². The highest BCUT2D eigenvalue weighted by Gasteiger charge is 2.20. The molecular weight excluding hydrogens is 166 g/mol. The van der Waals surface area contributed by atoms with Crippen molar-refractivity contribution in [3.63, 3.8) is 0 Å². The Labute approximate surface area is 79.4 Å². The SMILES string of the molecule is CCN1CCCC1/C=C\C(=O)OC. The molecule has 0 aromatic carbocycles. The Balaban J connectivity index is 2.43. The molecule has 1 heterocycles. The van der Waals surface area contributed by atoms with Gasteiger partial charge in [0.25, 0.3) is 0 Å². The lowest BCUT2D eigenvalue weighted by molar-refractivity contribution is -0.134. The molecule has 0 saturated carbocycles. The molecule has 74 valence electrons. The maximum Gasteiger partial charge on any atom is 0.330 e. The fraction of sp³-hybridized carbons (Fsp3) is 0.700. The van der Waals surface area contributed by atoms with Gasteiger partial charge in [-0.2, -0.15) is 0 Å². The molecule has 1 unspecified atom stereocenters. The predicted molar refractivity (Wildman–Crippen MR) is 51.4 cm³/mol. The van der Waals surface area contributed by atoms with Gasteiger partial charge in [0.05, 0.1) is 7.11 Å². The normalized spacial score (nSPS) is 24.0. The number of methoxy groups -OCH3 is 1. The first kappa shape index (κ1) is 10.3. The summed E-state index contributed by atoms with van der Waals surface area (Å²) >= 11 is 0. The summed E-state index contributed by atoms with van der Waals surface area (Å²) in [7, 11) is 1.40. The van der Waals surface area contributed by atoms with Gasteiger partial charge in [-0.05, 0) is 25.9 Å². The largest absolute Gasteiger partial charge is 0.466 e. The minimum atomic E-state index is -0.261. The van der Waals surface area contributed by atoms with Crippen LogP contribution in [0.15, 0.2) is 12.2 Å². The van der Waals surface area contributed by atoms with Gasteiger partial charge in [0.1, 0.15) is 0 Å². The number of carbonyl (C=O) groups excluding carboxylic acids is 1. The van der Waals surface area contributed by atoms with Crippen molar-refractivity contribution in [1.29, 1.82) is 0 Å². The molecular formula is C10H17NO2. The van der Waals surface area contributed by atoms with Gasteiger partial charge in [0.2, 0.25) is 0 Å². The second kappa shape index (κ2) is 5.02. The van der Waals surface area contributed by atoms with Gasteiger partial charge in [0.15, 0.2) is 0 Å². The quantitative estimate of drug-likeness (QED) is 0.486. The van der Waals surface area contributed by atoms with Crippen molar-refractivity contribution >= 4 is 5.97 Å². The maximum atomic E-state index is 10.8. The summed E-state index contributed by atoms with van der Waals surface area (Å²) in [4.78, 5) is 13.2. The lowest BCUT2D eigenvalue weighted by Gasteiger charge is -2.18. The highest BCUT2D eigenvalue weighted by atomic mass is 16.5. The van der Waals surface area contributed by atoms with E-state index in [0.29, 0.717) is 6.04 Å². The van der Waals surface area contributed by atoms with Gasteiger partial charge in [-0.3, -0.25) is 4.90 Å². The van der Waals surface area contributed by atoms with Crippen molar-refractivity contribution in [2.24, 2.45) is 0 Å². The molecule has 1 atom stereocenters. The zero-order chi connectivity index (χ0) is 9.68. The highest BCUT2D eigenvalue weighted by Crippen LogP contribution is 2.17. The fourth-order valence-electron chi connectivity index (χ4n) is 1.72. The Morgan fingerprint density at radius 2 is 2.46 bits per heavy atom. The minimum Gasteiger partial charge on any atom is -0.466 e. The van der Waals surface area contributed by atoms with Crippen LogP contribution in [0.1, 0.15) is 19.8 Å². The van der Waals surface area contributed by atoms with Gasteiger partial charge in [-0.25, -0.2) is 4.79 Å². The predicted octanol–water partition coefficient (Wildman–Crippen LogP) is 1.20. The van der Waals surface area contributed by atoms with Gasteiger partial charge in [0, 0.05) is 12.1 Å². The third kappa shape index (κ3) is 2.84. The van der Waals surface area contributed by atoms with Crippen molar-refractivity contribution in [2.45, 2.75) is 25.8 Å². The Kier molecular flexibility index (Phi) is 3.96. The summed E-state index contributed by atoms with van der Waals surface area (Å²) in [5.41, 5.74) is 0. The maximum absolute atomic E-state index is 10.8. The first-order chi connectivity index (χ1) is 6.27. The number of ether oxygens (including phenoxy) is 1. The average molecular weight is 183 g/mol. The van der Waals surface area contributed by atoms with Gasteiger partial charge in [-0.1, -0.05) is 13.0 Å². The summed E-state index contributed by atoms with van der Waals surface area (Å²) in [6, 6.07) is 0.434. The molecule has 1 aliphatic rings. The van der Waals surface area contributed by atoms with Crippen LogP contribution in [0.4, 0.5) is 0 Å². The van der Waals surface area contributed by atoms with Gasteiger partial charge >= 0.3 is 5.97 Å². The molecule has 0 amide bonds. The van der Waals surface area contributed by atoms with Crippen molar-refractivity contribution in [3.05, 3.63) is 12.2 Å². The Hall–Kier alpha value is -0.830. The summed E-state index contributed by atoms with van der Waals surface area (Å²) in [6.45, 7) is 4.34. The number of hydrogen-bond acceptors (Lipinski definition) is 3. The van der Waals surface area contributed by atoms with E-state index in [-0.39, 0.29) is 5.97 Å². The zero-order valence-corrected chi connectivity index (χ0v) is 8.32. The molecule has 0 radical (unpaired) electrons. The van der Waals surface area contributed by atoms with Crippen LogP contribution in [-0.2, 0) is 9.53 Å². The highest BCUT2D eigenvalue weighted by molar-refractivity contribution is 5.81. The second-order valence-corrected chi connectivity index (χ2v) is 3.22. The smallest absolute Gasteiger partial charge is 0.330 e.